The minimum absolute atomic E-state index is 0.337. The van der Waals surface area contributed by atoms with Crippen LogP contribution in [0.3, 0.4) is 0 Å². The molecule has 0 spiro atoms. The van der Waals surface area contributed by atoms with E-state index < -0.39 is 0 Å². The fourth-order valence-corrected chi connectivity index (χ4v) is 3.17. The molecule has 1 aromatic rings. The van der Waals surface area contributed by atoms with E-state index in [1.807, 2.05) is 45.9 Å². The Morgan fingerprint density at radius 1 is 1.25 bits per heavy atom. The van der Waals surface area contributed by atoms with Crippen molar-refractivity contribution >= 4 is 52.9 Å². The molecule has 2 N–H and O–H groups in total. The van der Waals surface area contributed by atoms with Crippen LogP contribution in [-0.2, 0) is 9.31 Å². The molecule has 20 heavy (non-hydrogen) atoms. The molecule has 1 saturated heterocycles. The highest BCUT2D eigenvalue weighted by atomic mass is 127. The van der Waals surface area contributed by atoms with Crippen LogP contribution in [0, 0.1) is 5.41 Å². The lowest BCUT2D eigenvalue weighted by atomic mass is 9.78. The summed E-state index contributed by atoms with van der Waals surface area (Å²) in [5.74, 6) is 0. The molecule has 1 heterocycles. The smallest absolute Gasteiger partial charge is 0.399 e. The minimum atomic E-state index is -0.363. The van der Waals surface area contributed by atoms with Crippen LogP contribution >= 0.6 is 28.4 Å². The first-order chi connectivity index (χ1) is 9.30. The first kappa shape index (κ1) is 16.2. The Hall–Kier alpha value is -0.165. The lowest BCUT2D eigenvalue weighted by Crippen LogP contribution is -2.41. The van der Waals surface area contributed by atoms with Crippen molar-refractivity contribution in [3.05, 3.63) is 23.8 Å². The van der Waals surface area contributed by atoms with Gasteiger partial charge in [0.05, 0.1) is 11.2 Å². The van der Waals surface area contributed by atoms with Gasteiger partial charge in [0.25, 0.3) is 0 Å². The molecular weight excluding hydrogens is 385 g/mol. The second kappa shape index (κ2) is 5.91. The molecule has 0 aromatic heterocycles. The third kappa shape index (κ3) is 3.03. The van der Waals surface area contributed by atoms with E-state index in [1.54, 1.807) is 0 Å². The molecule has 1 atom stereocenters. The van der Waals surface area contributed by atoms with Crippen LogP contribution in [0.5, 0.6) is 0 Å². The Kier molecular flexibility index (Phi) is 4.79. The van der Waals surface area contributed by atoms with Crippen LogP contribution in [0.1, 0.15) is 33.3 Å². The Labute approximate surface area is 135 Å². The van der Waals surface area contributed by atoms with E-state index in [-0.39, 0.29) is 18.3 Å². The van der Waals surface area contributed by atoms with Crippen molar-refractivity contribution in [1.29, 1.82) is 5.41 Å². The maximum atomic E-state index is 7.44. The predicted octanol–water partition coefficient (Wildman–Crippen LogP) is 3.34. The Balaban J connectivity index is 2.31. The van der Waals surface area contributed by atoms with Gasteiger partial charge in [-0.15, -0.1) is 0 Å². The van der Waals surface area contributed by atoms with E-state index >= 15 is 0 Å². The molecule has 1 aliphatic rings. The van der Waals surface area contributed by atoms with Crippen molar-refractivity contribution in [3.8, 4) is 0 Å². The van der Waals surface area contributed by atoms with Crippen molar-refractivity contribution in [2.75, 3.05) is 5.09 Å². The highest BCUT2D eigenvalue weighted by Crippen LogP contribution is 2.36. The van der Waals surface area contributed by atoms with Gasteiger partial charge in [-0.2, -0.15) is 0 Å². The predicted molar refractivity (Wildman–Crippen MR) is 96.0 cm³/mol. The summed E-state index contributed by atoms with van der Waals surface area (Å²) in [6.45, 7) is 8.18. The first-order valence-corrected chi connectivity index (χ1v) is 10.5. The Morgan fingerprint density at radius 2 is 1.85 bits per heavy atom. The highest BCUT2D eigenvalue weighted by Gasteiger charge is 2.51. The van der Waals surface area contributed by atoms with E-state index in [9.17, 15) is 0 Å². The molecule has 1 aliphatic heterocycles. The third-order valence-electron chi connectivity index (χ3n) is 3.94. The fraction of sp³-hybridized carbons (Fsp3) is 0.462. The van der Waals surface area contributed by atoms with Crippen molar-refractivity contribution in [2.24, 2.45) is 0 Å². The lowest BCUT2D eigenvalue weighted by molar-refractivity contribution is 0.00578. The average Bonchev–Trinajstić information content (AvgIpc) is 2.59. The summed E-state index contributed by atoms with van der Waals surface area (Å²) in [7, 11) is -0.363. The molecule has 4 nitrogen and oxygen atoms in total. The zero-order valence-corrected chi connectivity index (χ0v) is 15.2. The molecule has 1 aromatic carbocycles. The molecule has 0 saturated carbocycles. The van der Waals surface area contributed by atoms with Gasteiger partial charge >= 0.3 is 7.12 Å². The van der Waals surface area contributed by atoms with Crippen LogP contribution < -0.4 is 10.6 Å². The fourth-order valence-electron chi connectivity index (χ4n) is 1.98. The van der Waals surface area contributed by atoms with Crippen LogP contribution in [0.4, 0.5) is 5.69 Å². The molecule has 1 fully saturated rings. The van der Waals surface area contributed by atoms with Gasteiger partial charge in [0.2, 0.25) is 0 Å². The SMILES string of the molecule is CC1(C)OB(c2ccc(C=N)c(NPI)c2)OC1(C)C. The summed E-state index contributed by atoms with van der Waals surface area (Å²) in [4.78, 5) is 0. The van der Waals surface area contributed by atoms with Gasteiger partial charge in [0, 0.05) is 23.8 Å². The van der Waals surface area contributed by atoms with Crippen molar-refractivity contribution < 1.29 is 9.31 Å². The molecular formula is C13H19BIN2O2P. The number of halogens is 1. The third-order valence-corrected chi connectivity index (χ3v) is 5.11. The second-order valence-corrected chi connectivity index (χ2v) is 7.86. The van der Waals surface area contributed by atoms with Gasteiger partial charge in [0.15, 0.2) is 0 Å². The van der Waals surface area contributed by atoms with Crippen LogP contribution in [0.15, 0.2) is 18.2 Å². The molecule has 0 radical (unpaired) electrons. The number of hydrogen-bond acceptors (Lipinski definition) is 4. The number of rotatable bonds is 4. The standard InChI is InChI=1S/C13H19BIN2O2P/c1-12(2)13(3,4)19-14(18-12)10-6-5-9(8-16)11(7-10)17-20-15/h5-8,16-17,20H,1-4H3. The largest absolute Gasteiger partial charge is 0.494 e. The van der Waals surface area contributed by atoms with Crippen molar-refractivity contribution in [3.63, 3.8) is 0 Å². The van der Waals surface area contributed by atoms with Crippen molar-refractivity contribution in [2.45, 2.75) is 38.9 Å². The van der Waals surface area contributed by atoms with Gasteiger partial charge in [-0.05, 0) is 61.3 Å². The zero-order chi connectivity index (χ0) is 15.0. The van der Waals surface area contributed by atoms with Gasteiger partial charge in [-0.25, -0.2) is 0 Å². The summed E-state index contributed by atoms with van der Waals surface area (Å²) >= 11 is 2.27. The summed E-state index contributed by atoms with van der Waals surface area (Å²) in [5, 5.41) is 10.7. The van der Waals surface area contributed by atoms with Gasteiger partial charge in [-0.1, -0.05) is 12.1 Å². The number of hydrogen-bond donors (Lipinski definition) is 2. The van der Waals surface area contributed by atoms with Crippen LogP contribution in [0.25, 0.3) is 0 Å². The topological polar surface area (TPSA) is 54.3 Å². The van der Waals surface area contributed by atoms with Crippen LogP contribution in [0.2, 0.25) is 0 Å². The maximum Gasteiger partial charge on any atom is 0.494 e. The molecule has 108 valence electrons. The monoisotopic (exact) mass is 404 g/mol. The highest BCUT2D eigenvalue weighted by molar-refractivity contribution is 14.2. The summed E-state index contributed by atoms with van der Waals surface area (Å²) in [6, 6.07) is 5.89. The molecule has 1 unspecified atom stereocenters. The van der Waals surface area contributed by atoms with E-state index in [4.69, 9.17) is 14.7 Å². The quantitative estimate of drug-likeness (QED) is 0.351. The first-order valence-electron chi connectivity index (χ1n) is 6.42. The summed E-state index contributed by atoms with van der Waals surface area (Å²) < 4.78 is 12.1. The number of nitrogens with one attached hydrogen (secondary N) is 2. The molecule has 7 heteroatoms. The van der Waals surface area contributed by atoms with E-state index in [0.29, 0.717) is 6.37 Å². The van der Waals surface area contributed by atoms with Crippen LogP contribution in [-0.4, -0.2) is 24.5 Å². The molecule has 0 amide bonds. The maximum absolute atomic E-state index is 7.44. The molecule has 0 bridgehead atoms. The van der Waals surface area contributed by atoms with Gasteiger partial charge in [0.1, 0.15) is 0 Å². The second-order valence-electron chi connectivity index (χ2n) is 5.80. The summed E-state index contributed by atoms with van der Waals surface area (Å²) in [5.41, 5.74) is 2.12. The Bertz CT molecular complexity index is 509. The number of benzene rings is 1. The molecule has 2 rings (SSSR count). The van der Waals surface area contributed by atoms with Gasteiger partial charge < -0.3 is 19.8 Å². The molecule has 0 aliphatic carbocycles. The normalized spacial score (nSPS) is 20.6. The van der Waals surface area contributed by atoms with Crippen molar-refractivity contribution in [1.82, 2.24) is 0 Å². The lowest BCUT2D eigenvalue weighted by Gasteiger charge is -2.32. The van der Waals surface area contributed by atoms with E-state index in [2.05, 4.69) is 27.1 Å². The Morgan fingerprint density at radius 3 is 2.35 bits per heavy atom. The number of anilines is 1. The average molecular weight is 404 g/mol. The van der Waals surface area contributed by atoms with E-state index in [1.165, 1.54) is 6.21 Å². The minimum Gasteiger partial charge on any atom is -0.399 e. The zero-order valence-electron chi connectivity index (χ0n) is 12.1. The van der Waals surface area contributed by atoms with Gasteiger partial charge in [-0.3, -0.25) is 0 Å². The summed E-state index contributed by atoms with van der Waals surface area (Å²) in [6.07, 6.45) is 1.91. The van der Waals surface area contributed by atoms with E-state index in [0.717, 1.165) is 16.7 Å².